The number of benzene rings is 2. The lowest BCUT2D eigenvalue weighted by Gasteiger charge is -2.32. The number of aromatic nitrogens is 1. The van der Waals surface area contributed by atoms with Crippen LogP contribution in [-0.2, 0) is 11.3 Å². The van der Waals surface area contributed by atoms with Crippen LogP contribution in [0.3, 0.4) is 0 Å². The number of hydrogen-bond acceptors (Lipinski definition) is 7. The van der Waals surface area contributed by atoms with Gasteiger partial charge in [-0.2, -0.15) is 0 Å². The van der Waals surface area contributed by atoms with Crippen LogP contribution >= 0.6 is 0 Å². The number of ether oxygens (including phenoxy) is 2. The van der Waals surface area contributed by atoms with Crippen molar-refractivity contribution in [1.82, 2.24) is 14.8 Å². The third-order valence-corrected chi connectivity index (χ3v) is 8.24. The average molecular weight is 585 g/mol. The van der Waals surface area contributed by atoms with Crippen molar-refractivity contribution in [2.75, 3.05) is 38.6 Å². The second kappa shape index (κ2) is 14.3. The zero-order valence-electron chi connectivity index (χ0n) is 25.0. The first kappa shape index (κ1) is 30.2. The molecule has 2 aromatic carbocycles. The molecule has 0 atom stereocenters. The van der Waals surface area contributed by atoms with E-state index in [2.05, 4.69) is 27.3 Å². The van der Waals surface area contributed by atoms with E-state index in [-0.39, 0.29) is 23.7 Å². The number of likely N-dealkylation sites (tertiary alicyclic amines) is 2. The molecular weight excluding hydrogens is 544 g/mol. The predicted octanol–water partition coefficient (Wildman–Crippen LogP) is 5.22. The summed E-state index contributed by atoms with van der Waals surface area (Å²) in [7, 11) is 1.67. The van der Waals surface area contributed by atoms with E-state index in [1.807, 2.05) is 30.3 Å². The third-order valence-electron chi connectivity index (χ3n) is 8.24. The van der Waals surface area contributed by atoms with E-state index in [0.717, 1.165) is 38.2 Å². The lowest BCUT2D eigenvalue weighted by Crippen LogP contribution is -2.42. The van der Waals surface area contributed by atoms with E-state index in [9.17, 15) is 14.4 Å². The Kier molecular flexibility index (Phi) is 10.0. The van der Waals surface area contributed by atoms with Crippen LogP contribution in [0.2, 0.25) is 0 Å². The number of nitrogens with zero attached hydrogens (tertiary/aromatic N) is 3. The molecule has 9 heteroatoms. The van der Waals surface area contributed by atoms with E-state index in [4.69, 9.17) is 9.47 Å². The molecule has 2 amide bonds. The van der Waals surface area contributed by atoms with Crippen molar-refractivity contribution >= 4 is 23.3 Å². The minimum Gasteiger partial charge on any atom is -0.497 e. The minimum absolute atomic E-state index is 0.0149. The SMILES string of the molecule is COc1ccc(CN2CCC(CC(=O)c3ccc(C(=O)N4CCC(Oc5cccc(NC(C)=O)c5)CC4)nc3)CC2)cc1. The summed E-state index contributed by atoms with van der Waals surface area (Å²) in [6, 6.07) is 18.9. The van der Waals surface area contributed by atoms with Crippen molar-refractivity contribution in [3.63, 3.8) is 0 Å². The number of carbonyl (C=O) groups is 3. The van der Waals surface area contributed by atoms with Crippen LogP contribution in [0.25, 0.3) is 0 Å². The number of piperidine rings is 2. The topological polar surface area (TPSA) is 101 Å². The Balaban J connectivity index is 1.05. The fourth-order valence-electron chi connectivity index (χ4n) is 5.78. The Hall–Kier alpha value is -4.24. The second-order valence-corrected chi connectivity index (χ2v) is 11.4. The largest absolute Gasteiger partial charge is 0.497 e. The molecule has 0 radical (unpaired) electrons. The molecule has 1 N–H and O–H groups in total. The molecule has 0 bridgehead atoms. The standard InChI is InChI=1S/C34H40N4O5/c1-24(39)36-28-4-3-5-31(21-28)43-30-14-18-38(19-15-30)34(41)32-11-8-27(22-35-32)33(40)20-25-12-16-37(17-13-25)23-26-6-9-29(42-2)10-7-26/h3-11,21-22,25,30H,12-20,23H2,1-2H3,(H,36,39). The van der Waals surface area contributed by atoms with Gasteiger partial charge in [0.05, 0.1) is 7.11 Å². The zero-order chi connectivity index (χ0) is 30.2. The molecule has 2 aliphatic heterocycles. The molecular formula is C34H40N4O5. The lowest BCUT2D eigenvalue weighted by molar-refractivity contribution is -0.114. The van der Waals surface area contributed by atoms with Crippen LogP contribution in [0.1, 0.15) is 65.4 Å². The maximum absolute atomic E-state index is 13.1. The Morgan fingerprint density at radius 3 is 2.30 bits per heavy atom. The van der Waals surface area contributed by atoms with Gasteiger partial charge in [0.1, 0.15) is 23.3 Å². The molecule has 0 spiro atoms. The van der Waals surface area contributed by atoms with Crippen LogP contribution in [0.15, 0.2) is 66.9 Å². The Morgan fingerprint density at radius 1 is 0.907 bits per heavy atom. The number of rotatable bonds is 10. The normalized spacial score (nSPS) is 16.5. The third kappa shape index (κ3) is 8.41. The van der Waals surface area contributed by atoms with Gasteiger partial charge in [-0.05, 0) is 73.8 Å². The molecule has 5 rings (SSSR count). The molecule has 3 aromatic rings. The minimum atomic E-state index is -0.132. The maximum atomic E-state index is 13.1. The van der Waals surface area contributed by atoms with Crippen LogP contribution in [0, 0.1) is 5.92 Å². The van der Waals surface area contributed by atoms with E-state index < -0.39 is 0 Å². The molecule has 0 aliphatic carbocycles. The first-order chi connectivity index (χ1) is 20.9. The van der Waals surface area contributed by atoms with E-state index in [0.29, 0.717) is 61.0 Å². The molecule has 9 nitrogen and oxygen atoms in total. The first-order valence-electron chi connectivity index (χ1n) is 15.0. The van der Waals surface area contributed by atoms with Gasteiger partial charge in [-0.15, -0.1) is 0 Å². The number of amides is 2. The highest BCUT2D eigenvalue weighted by molar-refractivity contribution is 5.97. The number of anilines is 1. The van der Waals surface area contributed by atoms with Crippen LogP contribution in [0.5, 0.6) is 11.5 Å². The summed E-state index contributed by atoms with van der Waals surface area (Å²) in [4.78, 5) is 46.0. The molecule has 2 fully saturated rings. The summed E-state index contributed by atoms with van der Waals surface area (Å²) in [6.45, 7) is 5.45. The van der Waals surface area contributed by atoms with Gasteiger partial charge < -0.3 is 19.7 Å². The Morgan fingerprint density at radius 2 is 1.65 bits per heavy atom. The fourth-order valence-corrected chi connectivity index (χ4v) is 5.78. The van der Waals surface area contributed by atoms with Gasteiger partial charge in [0.25, 0.3) is 5.91 Å². The second-order valence-electron chi connectivity index (χ2n) is 11.4. The van der Waals surface area contributed by atoms with Crippen molar-refractivity contribution < 1.29 is 23.9 Å². The predicted molar refractivity (Wildman–Crippen MR) is 164 cm³/mol. The number of carbonyl (C=O) groups excluding carboxylic acids is 3. The average Bonchev–Trinajstić information content (AvgIpc) is 3.02. The summed E-state index contributed by atoms with van der Waals surface area (Å²) in [5, 5.41) is 2.76. The molecule has 2 saturated heterocycles. The summed E-state index contributed by atoms with van der Waals surface area (Å²) in [6.07, 6.45) is 5.42. The highest BCUT2D eigenvalue weighted by atomic mass is 16.5. The van der Waals surface area contributed by atoms with E-state index in [1.165, 1.54) is 12.5 Å². The van der Waals surface area contributed by atoms with Crippen molar-refractivity contribution in [2.45, 2.75) is 51.7 Å². The molecule has 3 heterocycles. The number of hydrogen-bond donors (Lipinski definition) is 1. The van der Waals surface area contributed by atoms with Gasteiger partial charge in [0, 0.05) is 69.3 Å². The number of ketones is 1. The Bertz CT molecular complexity index is 1390. The van der Waals surface area contributed by atoms with Gasteiger partial charge in [0.2, 0.25) is 5.91 Å². The lowest BCUT2D eigenvalue weighted by atomic mass is 9.90. The number of pyridine rings is 1. The number of methoxy groups -OCH3 is 1. The molecule has 2 aliphatic rings. The highest BCUT2D eigenvalue weighted by Gasteiger charge is 2.26. The van der Waals surface area contributed by atoms with Crippen LogP contribution in [-0.4, -0.2) is 71.8 Å². The quantitative estimate of drug-likeness (QED) is 0.326. The molecule has 43 heavy (non-hydrogen) atoms. The van der Waals surface area contributed by atoms with E-state index >= 15 is 0 Å². The summed E-state index contributed by atoms with van der Waals surface area (Å²) >= 11 is 0. The van der Waals surface area contributed by atoms with Crippen molar-refractivity contribution in [1.29, 1.82) is 0 Å². The van der Waals surface area contributed by atoms with Gasteiger partial charge in [-0.3, -0.25) is 24.3 Å². The van der Waals surface area contributed by atoms with Crippen molar-refractivity contribution in [2.24, 2.45) is 5.92 Å². The zero-order valence-corrected chi connectivity index (χ0v) is 25.0. The van der Waals surface area contributed by atoms with Gasteiger partial charge in [-0.25, -0.2) is 0 Å². The molecule has 1 aromatic heterocycles. The number of nitrogens with one attached hydrogen (secondary N) is 1. The van der Waals surface area contributed by atoms with Crippen molar-refractivity contribution in [3.8, 4) is 11.5 Å². The number of Topliss-reactive ketones (excluding diaryl/α,β-unsaturated/α-hetero) is 1. The molecule has 226 valence electrons. The van der Waals surface area contributed by atoms with Crippen LogP contribution in [0.4, 0.5) is 5.69 Å². The van der Waals surface area contributed by atoms with E-state index in [1.54, 1.807) is 36.4 Å². The summed E-state index contributed by atoms with van der Waals surface area (Å²) in [5.41, 5.74) is 2.87. The van der Waals surface area contributed by atoms with Gasteiger partial charge in [0.15, 0.2) is 5.78 Å². The fraction of sp³-hybridized carbons (Fsp3) is 0.412. The monoisotopic (exact) mass is 584 g/mol. The smallest absolute Gasteiger partial charge is 0.272 e. The van der Waals surface area contributed by atoms with Crippen molar-refractivity contribution in [3.05, 3.63) is 83.7 Å². The molecule has 0 saturated carbocycles. The van der Waals surface area contributed by atoms with Gasteiger partial charge in [-0.1, -0.05) is 18.2 Å². The van der Waals surface area contributed by atoms with Crippen LogP contribution < -0.4 is 14.8 Å². The Labute approximate surface area is 253 Å². The first-order valence-corrected chi connectivity index (χ1v) is 15.0. The highest BCUT2D eigenvalue weighted by Crippen LogP contribution is 2.25. The summed E-state index contributed by atoms with van der Waals surface area (Å²) in [5.74, 6) is 1.74. The summed E-state index contributed by atoms with van der Waals surface area (Å²) < 4.78 is 11.3. The van der Waals surface area contributed by atoms with Gasteiger partial charge >= 0.3 is 0 Å². The maximum Gasteiger partial charge on any atom is 0.272 e. The molecule has 0 unspecified atom stereocenters.